The highest BCUT2D eigenvalue weighted by Gasteiger charge is 2.34. The Balaban J connectivity index is 2.26. The van der Waals surface area contributed by atoms with Gasteiger partial charge in [-0.3, -0.25) is 0 Å². The van der Waals surface area contributed by atoms with E-state index in [0.29, 0.717) is 5.69 Å². The molecule has 1 aliphatic rings. The van der Waals surface area contributed by atoms with Gasteiger partial charge in [0.2, 0.25) is 5.69 Å². The van der Waals surface area contributed by atoms with Crippen LogP contribution in [0, 0.1) is 6.57 Å². The zero-order valence-corrected chi connectivity index (χ0v) is 10.1. The molecule has 1 saturated heterocycles. The van der Waals surface area contributed by atoms with Gasteiger partial charge >= 0.3 is 5.97 Å². The minimum Gasteiger partial charge on any atom is -0.478 e. The van der Waals surface area contributed by atoms with Crippen LogP contribution in [-0.2, 0) is 0 Å². The highest BCUT2D eigenvalue weighted by atomic mass is 19.3. The number of benzene rings is 1. The summed E-state index contributed by atoms with van der Waals surface area (Å²) >= 11 is 0. The van der Waals surface area contributed by atoms with E-state index < -0.39 is 11.9 Å². The number of alkyl halides is 2. The molecule has 1 aromatic rings. The number of carbonyl (C=O) groups is 1. The fourth-order valence-corrected chi connectivity index (χ4v) is 2.09. The van der Waals surface area contributed by atoms with Crippen LogP contribution in [0.3, 0.4) is 0 Å². The highest BCUT2D eigenvalue weighted by Crippen LogP contribution is 2.35. The number of nitrogens with zero attached hydrogens (tertiary/aromatic N) is 2. The number of hydrogen-bond acceptors (Lipinski definition) is 2. The van der Waals surface area contributed by atoms with Crippen molar-refractivity contribution >= 4 is 17.3 Å². The number of anilines is 1. The van der Waals surface area contributed by atoms with Crippen molar-refractivity contribution in [3.05, 3.63) is 35.2 Å². The molecule has 0 saturated carbocycles. The molecule has 0 atom stereocenters. The second-order valence-corrected chi connectivity index (χ2v) is 4.46. The third-order valence-electron chi connectivity index (χ3n) is 3.18. The lowest BCUT2D eigenvalue weighted by Gasteiger charge is -2.34. The van der Waals surface area contributed by atoms with Gasteiger partial charge in [0.15, 0.2) is 0 Å². The Morgan fingerprint density at radius 1 is 1.37 bits per heavy atom. The molecule has 0 unspecified atom stereocenters. The molecular formula is C13H12F2N2O2. The fourth-order valence-electron chi connectivity index (χ4n) is 2.09. The van der Waals surface area contributed by atoms with E-state index >= 15 is 0 Å². The first-order chi connectivity index (χ1) is 8.93. The van der Waals surface area contributed by atoms with Gasteiger partial charge in [0, 0.05) is 37.2 Å². The van der Waals surface area contributed by atoms with Crippen LogP contribution in [-0.4, -0.2) is 30.1 Å². The average Bonchev–Trinajstić information content (AvgIpc) is 2.38. The largest absolute Gasteiger partial charge is 0.478 e. The fraction of sp³-hybridized carbons (Fsp3) is 0.385. The molecule has 1 N–H and O–H groups in total. The summed E-state index contributed by atoms with van der Waals surface area (Å²) in [5.74, 6) is -3.75. The molecule has 1 aromatic carbocycles. The minimum atomic E-state index is -2.64. The summed E-state index contributed by atoms with van der Waals surface area (Å²) in [6.45, 7) is 7.41. The molecule has 0 aromatic heterocycles. The summed E-state index contributed by atoms with van der Waals surface area (Å²) < 4.78 is 26.2. The van der Waals surface area contributed by atoms with Crippen molar-refractivity contribution in [3.63, 3.8) is 0 Å². The van der Waals surface area contributed by atoms with E-state index in [0.717, 1.165) is 0 Å². The average molecular weight is 266 g/mol. The van der Waals surface area contributed by atoms with Gasteiger partial charge in [-0.15, -0.1) is 0 Å². The lowest BCUT2D eigenvalue weighted by atomic mass is 10.0. The Kier molecular flexibility index (Phi) is 3.38. The van der Waals surface area contributed by atoms with Crippen LogP contribution in [0.5, 0.6) is 0 Å². The highest BCUT2D eigenvalue weighted by molar-refractivity contribution is 5.91. The molecular weight excluding hydrogens is 254 g/mol. The first-order valence-corrected chi connectivity index (χ1v) is 5.80. The summed E-state index contributed by atoms with van der Waals surface area (Å²) in [5.41, 5.74) is 0.734. The van der Waals surface area contributed by atoms with Crippen molar-refractivity contribution in [2.45, 2.75) is 18.8 Å². The predicted molar refractivity (Wildman–Crippen MR) is 66.1 cm³/mol. The molecule has 0 radical (unpaired) electrons. The van der Waals surface area contributed by atoms with Gasteiger partial charge in [-0.2, -0.15) is 0 Å². The van der Waals surface area contributed by atoms with Gasteiger partial charge in [-0.05, 0) is 18.2 Å². The maximum atomic E-state index is 13.1. The summed E-state index contributed by atoms with van der Waals surface area (Å²) in [6.07, 6.45) is -0.490. The van der Waals surface area contributed by atoms with Gasteiger partial charge in [0.1, 0.15) is 0 Å². The SMILES string of the molecule is [C-]#[N+]c1cc(C(=O)O)ccc1N1CCC(F)(F)CC1. The van der Waals surface area contributed by atoms with Gasteiger partial charge < -0.3 is 10.0 Å². The molecule has 0 aliphatic carbocycles. The lowest BCUT2D eigenvalue weighted by molar-refractivity contribution is -0.0220. The normalized spacial score (nSPS) is 17.8. The zero-order valence-electron chi connectivity index (χ0n) is 10.1. The van der Waals surface area contributed by atoms with E-state index in [1.54, 1.807) is 4.90 Å². The van der Waals surface area contributed by atoms with Crippen LogP contribution >= 0.6 is 0 Å². The number of hydrogen-bond donors (Lipinski definition) is 1. The summed E-state index contributed by atoms with van der Waals surface area (Å²) in [7, 11) is 0. The molecule has 1 heterocycles. The number of piperidine rings is 1. The molecule has 0 bridgehead atoms. The maximum absolute atomic E-state index is 13.1. The van der Waals surface area contributed by atoms with Crippen molar-refractivity contribution in [1.82, 2.24) is 0 Å². The number of carboxylic acids is 1. The monoisotopic (exact) mass is 266 g/mol. The first-order valence-electron chi connectivity index (χ1n) is 5.80. The van der Waals surface area contributed by atoms with Crippen molar-refractivity contribution < 1.29 is 18.7 Å². The third-order valence-corrected chi connectivity index (χ3v) is 3.18. The molecule has 1 aliphatic heterocycles. The van der Waals surface area contributed by atoms with Crippen LogP contribution in [0.4, 0.5) is 20.2 Å². The van der Waals surface area contributed by atoms with E-state index in [-0.39, 0.29) is 37.2 Å². The smallest absolute Gasteiger partial charge is 0.334 e. The van der Waals surface area contributed by atoms with Crippen molar-refractivity contribution in [1.29, 1.82) is 0 Å². The predicted octanol–water partition coefficient (Wildman–Crippen LogP) is 3.17. The Bertz CT molecular complexity index is 542. The second-order valence-electron chi connectivity index (χ2n) is 4.46. The number of rotatable bonds is 2. The van der Waals surface area contributed by atoms with E-state index in [4.69, 9.17) is 11.7 Å². The van der Waals surface area contributed by atoms with Gasteiger partial charge in [-0.1, -0.05) is 0 Å². The zero-order chi connectivity index (χ0) is 14.0. The summed E-state index contributed by atoms with van der Waals surface area (Å²) in [6, 6.07) is 4.18. The van der Waals surface area contributed by atoms with Crippen molar-refractivity contribution in [2.24, 2.45) is 0 Å². The number of carboxylic acid groups (broad SMARTS) is 1. The quantitative estimate of drug-likeness (QED) is 0.836. The molecule has 19 heavy (non-hydrogen) atoms. The van der Waals surface area contributed by atoms with E-state index in [1.165, 1.54) is 18.2 Å². The Morgan fingerprint density at radius 2 is 2.00 bits per heavy atom. The maximum Gasteiger partial charge on any atom is 0.334 e. The molecule has 100 valence electrons. The molecule has 0 amide bonds. The lowest BCUT2D eigenvalue weighted by Crippen LogP contribution is -2.39. The summed E-state index contributed by atoms with van der Waals surface area (Å²) in [5, 5.41) is 8.86. The van der Waals surface area contributed by atoms with Crippen LogP contribution in [0.1, 0.15) is 23.2 Å². The minimum absolute atomic E-state index is 0.0251. The van der Waals surface area contributed by atoms with Gasteiger partial charge in [-0.25, -0.2) is 18.4 Å². The molecule has 4 nitrogen and oxygen atoms in total. The Morgan fingerprint density at radius 3 is 2.53 bits per heavy atom. The standard InChI is InChI=1S/C13H12F2N2O2/c1-16-10-8-9(12(18)19)2-3-11(10)17-6-4-13(14,15)5-7-17/h2-3,8H,4-7H2,(H,18,19). The first kappa shape index (κ1) is 13.3. The van der Waals surface area contributed by atoms with E-state index in [2.05, 4.69) is 4.85 Å². The van der Waals surface area contributed by atoms with Crippen LogP contribution in [0.15, 0.2) is 18.2 Å². The summed E-state index contributed by atoms with van der Waals surface area (Å²) in [4.78, 5) is 15.8. The second kappa shape index (κ2) is 4.84. The number of halogens is 2. The van der Waals surface area contributed by atoms with Gasteiger partial charge in [0.05, 0.1) is 6.57 Å². The Hall–Kier alpha value is -2.16. The van der Waals surface area contributed by atoms with E-state index in [1.807, 2.05) is 0 Å². The van der Waals surface area contributed by atoms with E-state index in [9.17, 15) is 13.6 Å². The molecule has 1 fully saturated rings. The van der Waals surface area contributed by atoms with Gasteiger partial charge in [0.25, 0.3) is 5.92 Å². The molecule has 2 rings (SSSR count). The van der Waals surface area contributed by atoms with Crippen LogP contribution < -0.4 is 4.90 Å². The molecule has 0 spiro atoms. The van der Waals surface area contributed by atoms with Crippen LogP contribution in [0.2, 0.25) is 0 Å². The van der Waals surface area contributed by atoms with Crippen molar-refractivity contribution in [3.8, 4) is 0 Å². The van der Waals surface area contributed by atoms with Crippen LogP contribution in [0.25, 0.3) is 4.85 Å². The van der Waals surface area contributed by atoms with Crippen molar-refractivity contribution in [2.75, 3.05) is 18.0 Å². The molecule has 6 heteroatoms. The Labute approximate surface area is 109 Å². The topological polar surface area (TPSA) is 44.9 Å². The number of aromatic carboxylic acids is 1. The third kappa shape index (κ3) is 2.81.